The van der Waals surface area contributed by atoms with Gasteiger partial charge < -0.3 is 14.2 Å². The largest absolute Gasteiger partial charge is 0.378 e. The van der Waals surface area contributed by atoms with Gasteiger partial charge in [-0.2, -0.15) is 0 Å². The van der Waals surface area contributed by atoms with Crippen LogP contribution in [0.1, 0.15) is 45.4 Å². The number of ether oxygens (including phenoxy) is 3. The summed E-state index contributed by atoms with van der Waals surface area (Å²) >= 11 is 0. The monoisotopic (exact) mass is 214 g/mol. The van der Waals surface area contributed by atoms with Crippen LogP contribution in [0, 0.1) is 0 Å². The Kier molecular flexibility index (Phi) is 3.33. The van der Waals surface area contributed by atoms with E-state index in [2.05, 4.69) is 6.92 Å². The maximum atomic E-state index is 5.72. The Morgan fingerprint density at radius 1 is 1.07 bits per heavy atom. The molecule has 0 atom stereocenters. The van der Waals surface area contributed by atoms with Crippen LogP contribution >= 0.6 is 0 Å². The van der Waals surface area contributed by atoms with Crippen LogP contribution in [0.25, 0.3) is 0 Å². The fourth-order valence-corrected chi connectivity index (χ4v) is 2.88. The van der Waals surface area contributed by atoms with Crippen molar-refractivity contribution < 1.29 is 14.2 Å². The molecular weight excluding hydrogens is 192 g/mol. The van der Waals surface area contributed by atoms with Crippen molar-refractivity contribution in [3.8, 4) is 0 Å². The summed E-state index contributed by atoms with van der Waals surface area (Å²) in [7, 11) is 1.84. The van der Waals surface area contributed by atoms with Crippen LogP contribution in [0.4, 0.5) is 0 Å². The van der Waals surface area contributed by atoms with Gasteiger partial charge in [-0.25, -0.2) is 0 Å². The summed E-state index contributed by atoms with van der Waals surface area (Å²) in [5, 5.41) is 0. The molecule has 0 bridgehead atoms. The van der Waals surface area contributed by atoms with Crippen molar-refractivity contribution in [3.05, 3.63) is 0 Å². The SMILES string of the molecule is CCCC1(OC)CCC2(CC1)OCCO2. The minimum Gasteiger partial charge on any atom is -0.378 e. The van der Waals surface area contributed by atoms with Crippen LogP contribution in [-0.2, 0) is 14.2 Å². The Hall–Kier alpha value is -0.120. The smallest absolute Gasteiger partial charge is 0.168 e. The molecule has 1 saturated heterocycles. The van der Waals surface area contributed by atoms with Crippen molar-refractivity contribution in [2.75, 3.05) is 20.3 Å². The van der Waals surface area contributed by atoms with E-state index in [9.17, 15) is 0 Å². The number of hydrogen-bond donors (Lipinski definition) is 0. The average molecular weight is 214 g/mol. The average Bonchev–Trinajstić information content (AvgIpc) is 2.72. The van der Waals surface area contributed by atoms with Crippen molar-refractivity contribution in [2.45, 2.75) is 56.8 Å². The molecule has 0 unspecified atom stereocenters. The van der Waals surface area contributed by atoms with Gasteiger partial charge >= 0.3 is 0 Å². The van der Waals surface area contributed by atoms with Gasteiger partial charge in [0.15, 0.2) is 5.79 Å². The van der Waals surface area contributed by atoms with E-state index >= 15 is 0 Å². The van der Waals surface area contributed by atoms with E-state index in [-0.39, 0.29) is 11.4 Å². The van der Waals surface area contributed by atoms with Crippen LogP contribution in [0.15, 0.2) is 0 Å². The lowest BCUT2D eigenvalue weighted by Crippen LogP contribution is -2.44. The summed E-state index contributed by atoms with van der Waals surface area (Å²) in [6, 6.07) is 0. The lowest BCUT2D eigenvalue weighted by Gasteiger charge is -2.42. The molecule has 2 fully saturated rings. The molecule has 1 saturated carbocycles. The molecule has 2 rings (SSSR count). The highest BCUT2D eigenvalue weighted by Crippen LogP contribution is 2.43. The molecular formula is C12H22O3. The minimum atomic E-state index is -0.254. The second-order valence-electron chi connectivity index (χ2n) is 4.74. The molecule has 0 N–H and O–H groups in total. The number of rotatable bonds is 3. The highest BCUT2D eigenvalue weighted by atomic mass is 16.7. The first-order valence-corrected chi connectivity index (χ1v) is 6.07. The van der Waals surface area contributed by atoms with Crippen LogP contribution in [0.5, 0.6) is 0 Å². The van der Waals surface area contributed by atoms with Crippen molar-refractivity contribution in [1.82, 2.24) is 0 Å². The molecule has 1 aliphatic heterocycles. The zero-order valence-corrected chi connectivity index (χ0v) is 9.88. The Labute approximate surface area is 92.1 Å². The molecule has 3 heteroatoms. The molecule has 0 aromatic heterocycles. The van der Waals surface area contributed by atoms with Crippen molar-refractivity contribution in [2.24, 2.45) is 0 Å². The van der Waals surface area contributed by atoms with Gasteiger partial charge in [0.25, 0.3) is 0 Å². The molecule has 2 aliphatic rings. The van der Waals surface area contributed by atoms with Crippen molar-refractivity contribution >= 4 is 0 Å². The van der Waals surface area contributed by atoms with Crippen molar-refractivity contribution in [1.29, 1.82) is 0 Å². The highest BCUT2D eigenvalue weighted by Gasteiger charge is 2.45. The van der Waals surface area contributed by atoms with Gasteiger partial charge in [0, 0.05) is 20.0 Å². The topological polar surface area (TPSA) is 27.7 Å². The molecule has 1 heterocycles. The first kappa shape index (κ1) is 11.4. The Morgan fingerprint density at radius 2 is 1.67 bits per heavy atom. The third kappa shape index (κ3) is 2.19. The molecule has 0 aromatic carbocycles. The van der Waals surface area contributed by atoms with Crippen LogP contribution in [0.2, 0.25) is 0 Å². The third-order valence-electron chi connectivity index (χ3n) is 3.88. The zero-order chi connectivity index (χ0) is 10.8. The summed E-state index contributed by atoms with van der Waals surface area (Å²) in [6.45, 7) is 3.73. The maximum Gasteiger partial charge on any atom is 0.168 e. The Balaban J connectivity index is 1.94. The molecule has 88 valence electrons. The van der Waals surface area contributed by atoms with E-state index in [1.807, 2.05) is 7.11 Å². The zero-order valence-electron chi connectivity index (χ0n) is 9.88. The number of hydrogen-bond acceptors (Lipinski definition) is 3. The van der Waals surface area contributed by atoms with E-state index < -0.39 is 0 Å². The molecule has 1 aliphatic carbocycles. The van der Waals surface area contributed by atoms with Crippen LogP contribution in [-0.4, -0.2) is 31.7 Å². The first-order valence-electron chi connectivity index (χ1n) is 6.07. The van der Waals surface area contributed by atoms with E-state index in [1.165, 1.54) is 6.42 Å². The summed E-state index contributed by atoms with van der Waals surface area (Å²) < 4.78 is 17.1. The molecule has 0 aromatic rings. The lowest BCUT2D eigenvalue weighted by molar-refractivity contribution is -0.207. The highest BCUT2D eigenvalue weighted by molar-refractivity contribution is 4.92. The number of methoxy groups -OCH3 is 1. The normalized spacial score (nSPS) is 28.4. The Morgan fingerprint density at radius 3 is 2.13 bits per heavy atom. The van der Waals surface area contributed by atoms with Crippen LogP contribution < -0.4 is 0 Å². The van der Waals surface area contributed by atoms with E-state index in [0.29, 0.717) is 0 Å². The summed E-state index contributed by atoms with van der Waals surface area (Å²) in [4.78, 5) is 0. The molecule has 15 heavy (non-hydrogen) atoms. The predicted octanol–water partition coefficient (Wildman–Crippen LogP) is 2.49. The predicted molar refractivity (Wildman–Crippen MR) is 57.8 cm³/mol. The second-order valence-corrected chi connectivity index (χ2v) is 4.74. The van der Waals surface area contributed by atoms with E-state index in [1.54, 1.807) is 0 Å². The van der Waals surface area contributed by atoms with Gasteiger partial charge in [0.05, 0.1) is 18.8 Å². The lowest BCUT2D eigenvalue weighted by atomic mass is 9.78. The first-order chi connectivity index (χ1) is 7.24. The van der Waals surface area contributed by atoms with Gasteiger partial charge in [-0.3, -0.25) is 0 Å². The fourth-order valence-electron chi connectivity index (χ4n) is 2.88. The Bertz CT molecular complexity index is 199. The standard InChI is InChI=1S/C12H22O3/c1-3-4-11(13-2)5-7-12(8-6-11)14-9-10-15-12/h3-10H2,1-2H3. The van der Waals surface area contributed by atoms with Gasteiger partial charge in [0.2, 0.25) is 0 Å². The molecule has 0 amide bonds. The second kappa shape index (κ2) is 4.40. The van der Waals surface area contributed by atoms with E-state index in [4.69, 9.17) is 14.2 Å². The quantitative estimate of drug-likeness (QED) is 0.722. The third-order valence-corrected chi connectivity index (χ3v) is 3.88. The van der Waals surface area contributed by atoms with Crippen LogP contribution in [0.3, 0.4) is 0 Å². The fraction of sp³-hybridized carbons (Fsp3) is 1.00. The van der Waals surface area contributed by atoms with Gasteiger partial charge in [-0.05, 0) is 19.3 Å². The summed E-state index contributed by atoms with van der Waals surface area (Å²) in [5.41, 5.74) is 0.0926. The van der Waals surface area contributed by atoms with Gasteiger partial charge in [-0.1, -0.05) is 13.3 Å². The molecule has 3 nitrogen and oxygen atoms in total. The van der Waals surface area contributed by atoms with Gasteiger partial charge in [-0.15, -0.1) is 0 Å². The summed E-state index contributed by atoms with van der Waals surface area (Å²) in [6.07, 6.45) is 6.44. The van der Waals surface area contributed by atoms with Crippen molar-refractivity contribution in [3.63, 3.8) is 0 Å². The van der Waals surface area contributed by atoms with Gasteiger partial charge in [0.1, 0.15) is 0 Å². The van der Waals surface area contributed by atoms with E-state index in [0.717, 1.165) is 45.3 Å². The molecule has 1 spiro atoms. The molecule has 0 radical (unpaired) electrons. The minimum absolute atomic E-state index is 0.0926. The maximum absolute atomic E-state index is 5.72. The summed E-state index contributed by atoms with van der Waals surface area (Å²) in [5.74, 6) is -0.254.